The van der Waals surface area contributed by atoms with Crippen molar-refractivity contribution in [3.8, 4) is 0 Å². The Balaban J connectivity index is 2.29. The SMILES string of the molecule is CCC(C)c1ccc(C(Cl)c2cc(Cl)ccc2Br)cc1. The molecule has 0 aliphatic heterocycles. The molecule has 0 bridgehead atoms. The maximum atomic E-state index is 6.59. The minimum absolute atomic E-state index is 0.200. The fourth-order valence-electron chi connectivity index (χ4n) is 2.12. The van der Waals surface area contributed by atoms with Gasteiger partial charge in [0, 0.05) is 9.50 Å². The van der Waals surface area contributed by atoms with E-state index in [4.69, 9.17) is 23.2 Å². The van der Waals surface area contributed by atoms with Crippen molar-refractivity contribution in [2.24, 2.45) is 0 Å². The van der Waals surface area contributed by atoms with E-state index >= 15 is 0 Å². The molecule has 0 spiro atoms. The van der Waals surface area contributed by atoms with Crippen LogP contribution in [0.3, 0.4) is 0 Å². The summed E-state index contributed by atoms with van der Waals surface area (Å²) in [6, 6.07) is 14.2. The van der Waals surface area contributed by atoms with Crippen LogP contribution in [0.2, 0.25) is 5.02 Å². The average Bonchev–Trinajstić information content (AvgIpc) is 2.48. The van der Waals surface area contributed by atoms with Gasteiger partial charge in [0.15, 0.2) is 0 Å². The first kappa shape index (κ1) is 15.9. The van der Waals surface area contributed by atoms with Crippen molar-refractivity contribution in [2.75, 3.05) is 0 Å². The highest BCUT2D eigenvalue weighted by Crippen LogP contribution is 2.35. The molecule has 0 saturated heterocycles. The molecule has 0 radical (unpaired) electrons. The van der Waals surface area contributed by atoms with Gasteiger partial charge in [0.2, 0.25) is 0 Å². The lowest BCUT2D eigenvalue weighted by atomic mass is 9.96. The van der Waals surface area contributed by atoms with Gasteiger partial charge in [-0.15, -0.1) is 11.6 Å². The van der Waals surface area contributed by atoms with Gasteiger partial charge in [-0.1, -0.05) is 65.6 Å². The van der Waals surface area contributed by atoms with Gasteiger partial charge in [0.1, 0.15) is 0 Å². The van der Waals surface area contributed by atoms with Crippen molar-refractivity contribution in [3.63, 3.8) is 0 Å². The van der Waals surface area contributed by atoms with Crippen molar-refractivity contribution in [3.05, 3.63) is 68.7 Å². The number of alkyl halides is 1. The van der Waals surface area contributed by atoms with Gasteiger partial charge in [-0.2, -0.15) is 0 Å². The maximum Gasteiger partial charge on any atom is 0.0846 e. The molecule has 0 saturated carbocycles. The Labute approximate surface area is 139 Å². The average molecular weight is 372 g/mol. The minimum Gasteiger partial charge on any atom is -0.113 e. The highest BCUT2D eigenvalue weighted by Gasteiger charge is 2.15. The third-order valence-electron chi connectivity index (χ3n) is 3.64. The van der Waals surface area contributed by atoms with E-state index in [-0.39, 0.29) is 5.38 Å². The van der Waals surface area contributed by atoms with Crippen LogP contribution in [0.1, 0.15) is 48.3 Å². The van der Waals surface area contributed by atoms with Crippen molar-refractivity contribution >= 4 is 39.1 Å². The molecule has 106 valence electrons. The van der Waals surface area contributed by atoms with Crippen LogP contribution in [0.25, 0.3) is 0 Å². The summed E-state index contributed by atoms with van der Waals surface area (Å²) in [6.07, 6.45) is 1.14. The third kappa shape index (κ3) is 3.58. The van der Waals surface area contributed by atoms with Crippen molar-refractivity contribution < 1.29 is 0 Å². The van der Waals surface area contributed by atoms with Crippen LogP contribution < -0.4 is 0 Å². The Kier molecular flexibility index (Phi) is 5.54. The van der Waals surface area contributed by atoms with E-state index < -0.39 is 0 Å². The summed E-state index contributed by atoms with van der Waals surface area (Å²) in [5, 5.41) is 0.499. The monoisotopic (exact) mass is 370 g/mol. The van der Waals surface area contributed by atoms with E-state index in [9.17, 15) is 0 Å². The first-order valence-electron chi connectivity index (χ1n) is 6.71. The van der Waals surface area contributed by atoms with Crippen LogP contribution >= 0.6 is 39.1 Å². The zero-order valence-electron chi connectivity index (χ0n) is 11.5. The molecule has 2 rings (SSSR count). The van der Waals surface area contributed by atoms with Crippen LogP contribution in [-0.2, 0) is 0 Å². The molecule has 0 nitrogen and oxygen atoms in total. The number of hydrogen-bond donors (Lipinski definition) is 0. The van der Waals surface area contributed by atoms with Gasteiger partial charge in [-0.3, -0.25) is 0 Å². The zero-order valence-corrected chi connectivity index (χ0v) is 14.6. The summed E-state index contributed by atoms with van der Waals surface area (Å²) >= 11 is 16.2. The number of rotatable bonds is 4. The molecular weight excluding hydrogens is 355 g/mol. The lowest BCUT2D eigenvalue weighted by Gasteiger charge is -2.15. The summed E-state index contributed by atoms with van der Waals surface area (Å²) in [5.74, 6) is 0.579. The maximum absolute atomic E-state index is 6.59. The van der Waals surface area contributed by atoms with E-state index in [2.05, 4.69) is 54.0 Å². The van der Waals surface area contributed by atoms with Gasteiger partial charge in [0.05, 0.1) is 5.38 Å². The normalized spacial score (nSPS) is 14.1. The molecule has 0 aliphatic carbocycles. The summed E-state index contributed by atoms with van der Waals surface area (Å²) in [5.41, 5.74) is 3.43. The van der Waals surface area contributed by atoms with Gasteiger partial charge < -0.3 is 0 Å². The minimum atomic E-state index is -0.200. The van der Waals surface area contributed by atoms with Crippen LogP contribution in [0.15, 0.2) is 46.9 Å². The number of benzene rings is 2. The van der Waals surface area contributed by atoms with Crippen LogP contribution in [0.5, 0.6) is 0 Å². The molecule has 0 heterocycles. The zero-order chi connectivity index (χ0) is 14.7. The topological polar surface area (TPSA) is 0 Å². The van der Waals surface area contributed by atoms with Crippen LogP contribution in [-0.4, -0.2) is 0 Å². The fourth-order valence-corrected chi connectivity index (χ4v) is 3.23. The van der Waals surface area contributed by atoms with E-state index in [1.54, 1.807) is 0 Å². The summed E-state index contributed by atoms with van der Waals surface area (Å²) in [4.78, 5) is 0. The molecule has 0 aliphatic rings. The second-order valence-electron chi connectivity index (χ2n) is 5.00. The molecule has 2 aromatic rings. The van der Waals surface area contributed by atoms with Crippen LogP contribution in [0.4, 0.5) is 0 Å². The molecule has 3 heteroatoms. The largest absolute Gasteiger partial charge is 0.113 e. The molecule has 0 N–H and O–H groups in total. The second-order valence-corrected chi connectivity index (χ2v) is 6.73. The quantitative estimate of drug-likeness (QED) is 0.510. The van der Waals surface area contributed by atoms with Crippen LogP contribution in [0, 0.1) is 0 Å². The Morgan fingerprint density at radius 1 is 1.05 bits per heavy atom. The molecule has 0 aromatic heterocycles. The Bertz CT molecular complexity index is 578. The van der Waals surface area contributed by atoms with Gasteiger partial charge >= 0.3 is 0 Å². The van der Waals surface area contributed by atoms with Crippen molar-refractivity contribution in [1.82, 2.24) is 0 Å². The predicted molar refractivity (Wildman–Crippen MR) is 92.0 cm³/mol. The lowest BCUT2D eigenvalue weighted by molar-refractivity contribution is 0.733. The van der Waals surface area contributed by atoms with Crippen molar-refractivity contribution in [2.45, 2.75) is 31.6 Å². The Hall–Kier alpha value is -0.500. The first-order valence-corrected chi connectivity index (χ1v) is 8.32. The van der Waals surface area contributed by atoms with E-state index in [0.717, 1.165) is 22.0 Å². The summed E-state index contributed by atoms with van der Waals surface area (Å²) in [7, 11) is 0. The molecule has 20 heavy (non-hydrogen) atoms. The third-order valence-corrected chi connectivity index (χ3v) is 5.09. The molecule has 2 unspecified atom stereocenters. The van der Waals surface area contributed by atoms with E-state index in [0.29, 0.717) is 10.9 Å². The summed E-state index contributed by atoms with van der Waals surface area (Å²) in [6.45, 7) is 4.44. The van der Waals surface area contributed by atoms with Crippen molar-refractivity contribution in [1.29, 1.82) is 0 Å². The highest BCUT2D eigenvalue weighted by molar-refractivity contribution is 9.10. The molecular formula is C17H17BrCl2. The molecule has 0 amide bonds. The Morgan fingerprint density at radius 3 is 2.25 bits per heavy atom. The molecule has 2 aromatic carbocycles. The predicted octanol–water partition coefficient (Wildman–Crippen LogP) is 6.94. The molecule has 0 fully saturated rings. The second kappa shape index (κ2) is 6.98. The number of hydrogen-bond acceptors (Lipinski definition) is 0. The summed E-state index contributed by atoms with van der Waals surface area (Å²) < 4.78 is 0.980. The van der Waals surface area contributed by atoms with Gasteiger partial charge in [-0.05, 0) is 47.2 Å². The smallest absolute Gasteiger partial charge is 0.0846 e. The van der Waals surface area contributed by atoms with E-state index in [1.807, 2.05) is 18.2 Å². The Morgan fingerprint density at radius 2 is 1.65 bits per heavy atom. The molecule has 2 atom stereocenters. The van der Waals surface area contributed by atoms with E-state index in [1.165, 1.54) is 5.56 Å². The van der Waals surface area contributed by atoms with Gasteiger partial charge in [0.25, 0.3) is 0 Å². The fraction of sp³-hybridized carbons (Fsp3) is 0.294. The first-order chi connectivity index (χ1) is 9.52. The standard InChI is InChI=1S/C17H17BrCl2/c1-3-11(2)12-4-6-13(7-5-12)17(20)15-10-14(19)8-9-16(15)18/h4-11,17H,3H2,1-2H3. The lowest BCUT2D eigenvalue weighted by Crippen LogP contribution is -1.97. The number of halogens is 3. The van der Waals surface area contributed by atoms with Gasteiger partial charge in [-0.25, -0.2) is 0 Å². The highest BCUT2D eigenvalue weighted by atomic mass is 79.9.